The van der Waals surface area contributed by atoms with Crippen LogP contribution in [0.3, 0.4) is 0 Å². The monoisotopic (exact) mass is 367 g/mol. The molecule has 2 amide bonds. The molecule has 2 saturated heterocycles. The molecule has 6 heteroatoms. The fraction of sp³-hybridized carbons (Fsp3) is 0.524. The van der Waals surface area contributed by atoms with Gasteiger partial charge in [0, 0.05) is 65.0 Å². The lowest BCUT2D eigenvalue weighted by atomic mass is 9.88. The van der Waals surface area contributed by atoms with Crippen molar-refractivity contribution >= 4 is 6.03 Å². The number of carbonyl (C=O) groups is 1. The maximum absolute atomic E-state index is 12.9. The molecule has 1 aromatic heterocycles. The molecule has 3 heterocycles. The number of aromatic nitrogens is 2. The van der Waals surface area contributed by atoms with Gasteiger partial charge in [-0.05, 0) is 24.0 Å². The Hall–Kier alpha value is -2.34. The van der Waals surface area contributed by atoms with E-state index in [-0.39, 0.29) is 12.1 Å². The van der Waals surface area contributed by atoms with E-state index in [0.717, 1.165) is 26.2 Å². The topological polar surface area (TPSA) is 44.6 Å². The first-order valence-electron chi connectivity index (χ1n) is 9.67. The van der Waals surface area contributed by atoms with E-state index in [1.165, 1.54) is 16.7 Å². The van der Waals surface area contributed by atoms with Crippen molar-refractivity contribution in [2.45, 2.75) is 19.5 Å². The second-order valence-electron chi connectivity index (χ2n) is 8.27. The Balaban J connectivity index is 1.59. The van der Waals surface area contributed by atoms with Gasteiger partial charge in [-0.3, -0.25) is 9.58 Å². The average molecular weight is 367 g/mol. The van der Waals surface area contributed by atoms with Crippen LogP contribution in [0.2, 0.25) is 0 Å². The van der Waals surface area contributed by atoms with Crippen LogP contribution in [0.5, 0.6) is 0 Å². The van der Waals surface area contributed by atoms with E-state index >= 15 is 0 Å². The van der Waals surface area contributed by atoms with E-state index in [2.05, 4.69) is 52.3 Å². The van der Waals surface area contributed by atoms with Crippen LogP contribution in [-0.4, -0.2) is 64.2 Å². The Morgan fingerprint density at radius 1 is 1.22 bits per heavy atom. The van der Waals surface area contributed by atoms with Crippen molar-refractivity contribution in [2.24, 2.45) is 18.9 Å². The van der Waals surface area contributed by atoms with Crippen molar-refractivity contribution in [3.63, 3.8) is 0 Å². The number of benzene rings is 1. The van der Waals surface area contributed by atoms with Crippen LogP contribution in [0.25, 0.3) is 0 Å². The average Bonchev–Trinajstić information content (AvgIpc) is 3.29. The molecule has 144 valence electrons. The molecule has 0 saturated carbocycles. The molecule has 0 bridgehead atoms. The van der Waals surface area contributed by atoms with Crippen LogP contribution in [-0.2, 0) is 13.6 Å². The molecule has 0 spiro atoms. The molecule has 2 aromatic rings. The highest BCUT2D eigenvalue weighted by Crippen LogP contribution is 2.46. The molecular formula is C21H29N5O. The number of carbonyl (C=O) groups excluding carboxylic acids is 1. The van der Waals surface area contributed by atoms with Crippen molar-refractivity contribution in [3.8, 4) is 0 Å². The minimum atomic E-state index is 0.122. The lowest BCUT2D eigenvalue weighted by molar-refractivity contribution is 0.151. The highest BCUT2D eigenvalue weighted by molar-refractivity contribution is 5.75. The van der Waals surface area contributed by atoms with Crippen molar-refractivity contribution in [2.75, 3.05) is 33.7 Å². The normalized spacial score (nSPS) is 25.0. The highest BCUT2D eigenvalue weighted by atomic mass is 16.2. The first-order valence-corrected chi connectivity index (χ1v) is 9.67. The van der Waals surface area contributed by atoms with Gasteiger partial charge in [-0.2, -0.15) is 5.10 Å². The van der Waals surface area contributed by atoms with Crippen LogP contribution < -0.4 is 0 Å². The van der Waals surface area contributed by atoms with E-state index in [4.69, 9.17) is 0 Å². The quantitative estimate of drug-likeness (QED) is 0.837. The van der Waals surface area contributed by atoms with Gasteiger partial charge in [0.2, 0.25) is 0 Å². The summed E-state index contributed by atoms with van der Waals surface area (Å²) >= 11 is 0. The molecular weight excluding hydrogens is 338 g/mol. The predicted molar refractivity (Wildman–Crippen MR) is 105 cm³/mol. The summed E-state index contributed by atoms with van der Waals surface area (Å²) < 4.78 is 1.86. The standard InChI is InChI=1S/C21H29N5O/c1-15-7-5-6-8-18(15)20-19-14-25(11-16-9-22-24(4)10-16)12-17(19)13-26(20)21(27)23(2)3/h5-10,17,19-20H,11-14H2,1-4H3/t17-,19-,20+/m1/s1. The summed E-state index contributed by atoms with van der Waals surface area (Å²) in [5, 5.41) is 4.29. The lowest BCUT2D eigenvalue weighted by Gasteiger charge is -2.32. The SMILES string of the molecule is Cc1ccccc1[C@H]1[C@@H]2CN(Cc3cnn(C)c3)C[C@@H]2CN1C(=O)N(C)C. The van der Waals surface area contributed by atoms with Gasteiger partial charge in [-0.1, -0.05) is 24.3 Å². The van der Waals surface area contributed by atoms with Crippen LogP contribution in [0.1, 0.15) is 22.7 Å². The van der Waals surface area contributed by atoms with Gasteiger partial charge in [0.15, 0.2) is 0 Å². The molecule has 2 aliphatic rings. The third-order valence-electron chi connectivity index (χ3n) is 6.04. The van der Waals surface area contributed by atoms with Crippen LogP contribution >= 0.6 is 0 Å². The summed E-state index contributed by atoms with van der Waals surface area (Å²) in [5.74, 6) is 1.00. The molecule has 6 nitrogen and oxygen atoms in total. The predicted octanol–water partition coefficient (Wildman–Crippen LogP) is 2.52. The zero-order chi connectivity index (χ0) is 19.1. The zero-order valence-corrected chi connectivity index (χ0v) is 16.7. The number of likely N-dealkylation sites (tertiary alicyclic amines) is 2. The third-order valence-corrected chi connectivity index (χ3v) is 6.04. The van der Waals surface area contributed by atoms with Crippen LogP contribution in [0, 0.1) is 18.8 Å². The summed E-state index contributed by atoms with van der Waals surface area (Å²) in [7, 11) is 5.65. The summed E-state index contributed by atoms with van der Waals surface area (Å²) in [6.45, 7) is 5.99. The number of urea groups is 1. The Kier molecular flexibility index (Phi) is 4.68. The molecule has 0 aliphatic carbocycles. The molecule has 4 rings (SSSR count). The molecule has 0 radical (unpaired) electrons. The number of fused-ring (bicyclic) bond motifs is 1. The molecule has 3 atom stereocenters. The van der Waals surface area contributed by atoms with Gasteiger partial charge in [0.25, 0.3) is 0 Å². The third kappa shape index (κ3) is 3.34. The summed E-state index contributed by atoms with van der Waals surface area (Å²) in [6, 6.07) is 8.80. The Morgan fingerprint density at radius 3 is 2.67 bits per heavy atom. The Bertz CT molecular complexity index is 829. The molecule has 27 heavy (non-hydrogen) atoms. The molecule has 0 unspecified atom stereocenters. The molecule has 2 fully saturated rings. The fourth-order valence-corrected chi connectivity index (χ4v) is 4.85. The highest BCUT2D eigenvalue weighted by Gasteiger charge is 2.49. The number of aryl methyl sites for hydroxylation is 2. The number of hydrogen-bond acceptors (Lipinski definition) is 3. The lowest BCUT2D eigenvalue weighted by Crippen LogP contribution is -2.41. The summed E-state index contributed by atoms with van der Waals surface area (Å²) in [5.41, 5.74) is 3.82. The molecule has 0 N–H and O–H groups in total. The zero-order valence-electron chi connectivity index (χ0n) is 16.7. The summed E-state index contributed by atoms with van der Waals surface area (Å²) in [4.78, 5) is 19.2. The van der Waals surface area contributed by atoms with Gasteiger partial charge in [0.05, 0.1) is 12.2 Å². The number of rotatable bonds is 3. The largest absolute Gasteiger partial charge is 0.331 e. The maximum Gasteiger partial charge on any atom is 0.320 e. The minimum absolute atomic E-state index is 0.122. The molecule has 2 aliphatic heterocycles. The van der Waals surface area contributed by atoms with E-state index in [1.807, 2.05) is 32.0 Å². The fourth-order valence-electron chi connectivity index (χ4n) is 4.85. The van der Waals surface area contributed by atoms with Gasteiger partial charge in [-0.15, -0.1) is 0 Å². The summed E-state index contributed by atoms with van der Waals surface area (Å²) in [6.07, 6.45) is 4.05. The first-order chi connectivity index (χ1) is 12.9. The van der Waals surface area contributed by atoms with Gasteiger partial charge in [0.1, 0.15) is 0 Å². The number of hydrogen-bond donors (Lipinski definition) is 0. The van der Waals surface area contributed by atoms with E-state index < -0.39 is 0 Å². The molecule has 1 aromatic carbocycles. The van der Waals surface area contributed by atoms with Crippen LogP contribution in [0.4, 0.5) is 4.79 Å². The Morgan fingerprint density at radius 2 is 2.00 bits per heavy atom. The van der Waals surface area contributed by atoms with Crippen molar-refractivity contribution in [1.82, 2.24) is 24.5 Å². The first kappa shape index (κ1) is 18.0. The number of nitrogens with zero attached hydrogens (tertiary/aromatic N) is 5. The van der Waals surface area contributed by atoms with Crippen LogP contribution in [0.15, 0.2) is 36.7 Å². The van der Waals surface area contributed by atoms with Crippen molar-refractivity contribution in [3.05, 3.63) is 53.3 Å². The second-order valence-corrected chi connectivity index (χ2v) is 8.27. The van der Waals surface area contributed by atoms with Crippen molar-refractivity contribution < 1.29 is 4.79 Å². The smallest absolute Gasteiger partial charge is 0.320 e. The number of amides is 2. The van der Waals surface area contributed by atoms with E-state index in [0.29, 0.717) is 11.8 Å². The van der Waals surface area contributed by atoms with E-state index in [1.54, 1.807) is 4.90 Å². The second kappa shape index (κ2) is 7.00. The maximum atomic E-state index is 12.9. The van der Waals surface area contributed by atoms with Crippen molar-refractivity contribution in [1.29, 1.82) is 0 Å². The van der Waals surface area contributed by atoms with Gasteiger partial charge >= 0.3 is 6.03 Å². The minimum Gasteiger partial charge on any atom is -0.331 e. The van der Waals surface area contributed by atoms with Gasteiger partial charge in [-0.25, -0.2) is 4.79 Å². The Labute approximate surface area is 161 Å². The van der Waals surface area contributed by atoms with Gasteiger partial charge < -0.3 is 9.80 Å². The van der Waals surface area contributed by atoms with E-state index in [9.17, 15) is 4.79 Å².